The summed E-state index contributed by atoms with van der Waals surface area (Å²) in [6.07, 6.45) is 10.0. The van der Waals surface area contributed by atoms with Gasteiger partial charge in [-0.15, -0.1) is 0 Å². The Morgan fingerprint density at radius 1 is 1.30 bits per heavy atom. The Balaban J connectivity index is 1.38. The molecule has 1 aliphatic carbocycles. The van der Waals surface area contributed by atoms with Crippen molar-refractivity contribution in [1.29, 1.82) is 5.41 Å². The lowest BCUT2D eigenvalue weighted by Gasteiger charge is -2.31. The minimum atomic E-state index is 0.446. The Bertz CT molecular complexity index is 1000. The standard InChI is InChI=1S/C24H31N5S/c1-15-6-23(25)22(24(26)19-10-27-28(2)11-19)9-21(15)16-7-17-12-29(13-18(17)8-16)20-4-3-5-30-14-20/h6-7,9-11,17-18,20,26H,3-5,8,12-14,25H2,1-2H3/t17-,18+,20?/m1/s1. The van der Waals surface area contributed by atoms with E-state index in [1.165, 1.54) is 54.1 Å². The van der Waals surface area contributed by atoms with Gasteiger partial charge in [-0.1, -0.05) is 6.08 Å². The predicted molar refractivity (Wildman–Crippen MR) is 126 cm³/mol. The normalized spacial score (nSPS) is 26.6. The van der Waals surface area contributed by atoms with Gasteiger partial charge in [0.2, 0.25) is 0 Å². The highest BCUT2D eigenvalue weighted by molar-refractivity contribution is 7.99. The van der Waals surface area contributed by atoms with Gasteiger partial charge in [0.05, 0.1) is 11.9 Å². The van der Waals surface area contributed by atoms with Gasteiger partial charge in [0.15, 0.2) is 0 Å². The Morgan fingerprint density at radius 2 is 2.17 bits per heavy atom. The fourth-order valence-corrected chi connectivity index (χ4v) is 6.64. The molecular formula is C24H31N5S. The van der Waals surface area contributed by atoms with Crippen molar-refractivity contribution in [2.75, 3.05) is 30.3 Å². The number of anilines is 1. The van der Waals surface area contributed by atoms with Gasteiger partial charge < -0.3 is 5.73 Å². The summed E-state index contributed by atoms with van der Waals surface area (Å²) in [6.45, 7) is 4.59. The summed E-state index contributed by atoms with van der Waals surface area (Å²) in [6, 6.07) is 4.97. The molecule has 3 atom stereocenters. The van der Waals surface area contributed by atoms with E-state index in [1.807, 2.05) is 19.3 Å². The molecule has 30 heavy (non-hydrogen) atoms. The van der Waals surface area contributed by atoms with E-state index in [2.05, 4.69) is 40.8 Å². The van der Waals surface area contributed by atoms with Gasteiger partial charge in [-0.3, -0.25) is 15.0 Å². The zero-order valence-electron chi connectivity index (χ0n) is 17.9. The number of rotatable bonds is 4. The molecule has 5 nitrogen and oxygen atoms in total. The van der Waals surface area contributed by atoms with E-state index in [-0.39, 0.29) is 0 Å². The van der Waals surface area contributed by atoms with Crippen molar-refractivity contribution >= 4 is 28.7 Å². The molecule has 3 aliphatic rings. The first-order valence-electron chi connectivity index (χ1n) is 11.0. The summed E-state index contributed by atoms with van der Waals surface area (Å²) in [5.74, 6) is 4.07. The van der Waals surface area contributed by atoms with Crippen LogP contribution >= 0.6 is 11.8 Å². The lowest BCUT2D eigenvalue weighted by Crippen LogP contribution is -2.37. The summed E-state index contributed by atoms with van der Waals surface area (Å²) in [5, 5.41) is 12.9. The molecule has 2 fully saturated rings. The Hall–Kier alpha value is -2.05. The molecule has 6 heteroatoms. The first-order valence-corrected chi connectivity index (χ1v) is 12.2. The number of hydrogen-bond donors (Lipinski definition) is 2. The predicted octanol–water partition coefficient (Wildman–Crippen LogP) is 3.96. The van der Waals surface area contributed by atoms with Gasteiger partial charge in [-0.25, -0.2) is 0 Å². The molecule has 0 spiro atoms. The topological polar surface area (TPSA) is 70.9 Å². The monoisotopic (exact) mass is 421 g/mol. The quantitative estimate of drug-likeness (QED) is 0.579. The van der Waals surface area contributed by atoms with Crippen LogP contribution in [-0.2, 0) is 7.05 Å². The van der Waals surface area contributed by atoms with Gasteiger partial charge in [0.1, 0.15) is 0 Å². The lowest BCUT2D eigenvalue weighted by atomic mass is 9.92. The largest absolute Gasteiger partial charge is 0.398 e. The minimum Gasteiger partial charge on any atom is -0.398 e. The highest BCUT2D eigenvalue weighted by atomic mass is 32.2. The zero-order chi connectivity index (χ0) is 20.8. The molecule has 3 N–H and O–H groups in total. The van der Waals surface area contributed by atoms with Gasteiger partial charge in [0.25, 0.3) is 0 Å². The van der Waals surface area contributed by atoms with E-state index in [0.717, 1.165) is 29.5 Å². The number of nitrogens with two attached hydrogens (primary N) is 1. The molecule has 1 aromatic heterocycles. The average Bonchev–Trinajstić information content (AvgIpc) is 3.43. The molecule has 0 saturated carbocycles. The van der Waals surface area contributed by atoms with Crippen molar-refractivity contribution in [2.24, 2.45) is 18.9 Å². The van der Waals surface area contributed by atoms with Crippen LogP contribution in [0.2, 0.25) is 0 Å². The van der Waals surface area contributed by atoms with E-state index < -0.39 is 0 Å². The molecule has 2 aliphatic heterocycles. The summed E-state index contributed by atoms with van der Waals surface area (Å²) in [4.78, 5) is 2.76. The van der Waals surface area contributed by atoms with Crippen molar-refractivity contribution in [3.8, 4) is 0 Å². The molecule has 0 amide bonds. The Labute approximate surface area is 183 Å². The number of hydrogen-bond acceptors (Lipinski definition) is 5. The van der Waals surface area contributed by atoms with Crippen LogP contribution in [0.25, 0.3) is 5.57 Å². The Morgan fingerprint density at radius 3 is 2.87 bits per heavy atom. The highest BCUT2D eigenvalue weighted by Crippen LogP contribution is 2.43. The summed E-state index contributed by atoms with van der Waals surface area (Å²) in [5.41, 5.74) is 13.0. The molecule has 158 valence electrons. The minimum absolute atomic E-state index is 0.446. The number of nitrogen functional groups attached to an aromatic ring is 1. The maximum Gasteiger partial charge on any atom is 0.0736 e. The SMILES string of the molecule is Cc1cc(N)c(C(=N)c2cnn(C)c2)cc1C1=C[C@@H]2CN(C3CCCSC3)C[C@@H]2C1. The van der Waals surface area contributed by atoms with Gasteiger partial charge >= 0.3 is 0 Å². The fourth-order valence-electron chi connectivity index (χ4n) is 5.45. The number of nitrogens with zero attached hydrogens (tertiary/aromatic N) is 3. The number of nitrogens with one attached hydrogen (secondary N) is 1. The van der Waals surface area contributed by atoms with Crippen molar-refractivity contribution in [1.82, 2.24) is 14.7 Å². The highest BCUT2D eigenvalue weighted by Gasteiger charge is 2.39. The van der Waals surface area contributed by atoms with Gasteiger partial charge in [0, 0.05) is 54.9 Å². The number of allylic oxidation sites excluding steroid dienone is 1. The Kier molecular flexibility index (Phi) is 5.23. The first-order chi connectivity index (χ1) is 14.5. The second-order valence-electron chi connectivity index (χ2n) is 9.18. The molecule has 1 aromatic carbocycles. The van der Waals surface area contributed by atoms with E-state index in [1.54, 1.807) is 10.9 Å². The van der Waals surface area contributed by atoms with Crippen LogP contribution < -0.4 is 5.73 Å². The van der Waals surface area contributed by atoms with E-state index >= 15 is 0 Å². The van der Waals surface area contributed by atoms with Crippen LogP contribution in [-0.4, -0.2) is 51.0 Å². The summed E-state index contributed by atoms with van der Waals surface area (Å²) < 4.78 is 1.73. The molecule has 0 bridgehead atoms. The van der Waals surface area contributed by atoms with Crippen LogP contribution in [0.15, 0.2) is 30.6 Å². The van der Waals surface area contributed by atoms with Crippen LogP contribution in [0, 0.1) is 24.2 Å². The molecule has 5 rings (SSSR count). The number of benzene rings is 1. The van der Waals surface area contributed by atoms with Crippen LogP contribution in [0.3, 0.4) is 0 Å². The number of aryl methyl sites for hydroxylation is 2. The zero-order valence-corrected chi connectivity index (χ0v) is 18.7. The fraction of sp³-hybridized carbons (Fsp3) is 0.500. The third-order valence-corrected chi connectivity index (χ3v) is 8.27. The number of thioether (sulfide) groups is 1. The molecule has 3 heterocycles. The van der Waals surface area contributed by atoms with Crippen molar-refractivity contribution < 1.29 is 0 Å². The smallest absolute Gasteiger partial charge is 0.0736 e. The first kappa shape index (κ1) is 19.9. The van der Waals surface area contributed by atoms with E-state index in [4.69, 9.17) is 11.1 Å². The van der Waals surface area contributed by atoms with Gasteiger partial charge in [-0.2, -0.15) is 16.9 Å². The molecule has 1 unspecified atom stereocenters. The van der Waals surface area contributed by atoms with Crippen molar-refractivity contribution in [2.45, 2.75) is 32.2 Å². The lowest BCUT2D eigenvalue weighted by molar-refractivity contribution is 0.236. The summed E-state index contributed by atoms with van der Waals surface area (Å²) in [7, 11) is 1.87. The second-order valence-corrected chi connectivity index (χ2v) is 10.3. The van der Waals surface area contributed by atoms with Crippen LogP contribution in [0.1, 0.15) is 41.5 Å². The molecule has 2 aromatic rings. The maximum atomic E-state index is 8.67. The number of fused-ring (bicyclic) bond motifs is 1. The third-order valence-electron chi connectivity index (χ3n) is 7.08. The average molecular weight is 422 g/mol. The van der Waals surface area contributed by atoms with Gasteiger partial charge in [-0.05, 0) is 72.6 Å². The van der Waals surface area contributed by atoms with E-state index in [0.29, 0.717) is 17.3 Å². The van der Waals surface area contributed by atoms with E-state index in [9.17, 15) is 0 Å². The third kappa shape index (κ3) is 3.60. The number of likely N-dealkylation sites (tertiary alicyclic amines) is 1. The molecule has 2 saturated heterocycles. The molecular weight excluding hydrogens is 390 g/mol. The second kappa shape index (κ2) is 7.89. The maximum absolute atomic E-state index is 8.67. The van der Waals surface area contributed by atoms with Crippen molar-refractivity contribution in [3.05, 3.63) is 52.9 Å². The van der Waals surface area contributed by atoms with Crippen LogP contribution in [0.5, 0.6) is 0 Å². The van der Waals surface area contributed by atoms with Crippen LogP contribution in [0.4, 0.5) is 5.69 Å². The number of aromatic nitrogens is 2. The molecule has 0 radical (unpaired) electrons. The summed E-state index contributed by atoms with van der Waals surface area (Å²) >= 11 is 2.13. The van der Waals surface area contributed by atoms with Crippen molar-refractivity contribution in [3.63, 3.8) is 0 Å².